The Morgan fingerprint density at radius 1 is 1.42 bits per heavy atom. The first-order chi connectivity index (χ1) is 5.62. The number of carbonyl (C=O) groups is 1. The van der Waals surface area contributed by atoms with Crippen molar-refractivity contribution in [1.82, 2.24) is 0 Å². The zero-order valence-electron chi connectivity index (χ0n) is 8.01. The summed E-state index contributed by atoms with van der Waals surface area (Å²) in [6.45, 7) is 5.48. The lowest BCUT2D eigenvalue weighted by Gasteiger charge is -2.28. The molecule has 0 aromatic heterocycles. The van der Waals surface area contributed by atoms with E-state index in [0.717, 1.165) is 11.0 Å². The fraction of sp³-hybridized carbons (Fsp3) is 0.889. The van der Waals surface area contributed by atoms with Crippen molar-refractivity contribution >= 4 is 5.97 Å². The molecular weight excluding hydrogens is 154 g/mol. The molecule has 1 heterocycles. The average molecular weight is 172 g/mol. The highest BCUT2D eigenvalue weighted by Crippen LogP contribution is 2.15. The molecule has 0 aliphatic carbocycles. The second-order valence-corrected chi connectivity index (χ2v) is 3.84. The van der Waals surface area contributed by atoms with Gasteiger partial charge in [0.25, 0.3) is 0 Å². The van der Waals surface area contributed by atoms with Crippen LogP contribution in [0.15, 0.2) is 0 Å². The Kier molecular flexibility index (Phi) is 3.09. The third kappa shape index (κ3) is 2.81. The molecule has 0 unspecified atom stereocenters. The number of hydrogen-bond acceptors (Lipinski definition) is 2. The second kappa shape index (κ2) is 3.90. The first-order valence-corrected chi connectivity index (χ1v) is 4.59. The zero-order chi connectivity index (χ0) is 9.03. The molecule has 3 heteroatoms. The van der Waals surface area contributed by atoms with Crippen LogP contribution in [0.25, 0.3) is 0 Å². The van der Waals surface area contributed by atoms with Crippen molar-refractivity contribution in [3.63, 3.8) is 0 Å². The van der Waals surface area contributed by atoms with Crippen molar-refractivity contribution in [1.29, 1.82) is 0 Å². The van der Waals surface area contributed by atoms with Gasteiger partial charge in [-0.3, -0.25) is 4.79 Å². The number of quaternary nitrogens is 1. The van der Waals surface area contributed by atoms with Gasteiger partial charge in [-0.15, -0.1) is 0 Å². The summed E-state index contributed by atoms with van der Waals surface area (Å²) in [7, 11) is 2.23. The first kappa shape index (κ1) is 9.52. The van der Waals surface area contributed by atoms with E-state index in [9.17, 15) is 4.79 Å². The Hall–Kier alpha value is -0.570. The van der Waals surface area contributed by atoms with Gasteiger partial charge in [-0.05, 0) is 0 Å². The highest BCUT2D eigenvalue weighted by Gasteiger charge is 2.26. The summed E-state index contributed by atoms with van der Waals surface area (Å²) < 4.78 is 5.99. The number of nitrogens with zero attached hydrogens (tertiary/aromatic N) is 1. The maximum Gasteiger partial charge on any atom is 0.302 e. The number of likely N-dealkylation sites (tertiary alicyclic amines) is 1. The summed E-state index contributed by atoms with van der Waals surface area (Å²) >= 11 is 0. The predicted octanol–water partition coefficient (Wildman–Crippen LogP) is 0.790. The van der Waals surface area contributed by atoms with Gasteiger partial charge in [-0.1, -0.05) is 0 Å². The lowest BCUT2D eigenvalue weighted by Crippen LogP contribution is -2.43. The number of rotatable bonds is 3. The van der Waals surface area contributed by atoms with Crippen LogP contribution < -0.4 is 0 Å². The predicted molar refractivity (Wildman–Crippen MR) is 46.7 cm³/mol. The largest absolute Gasteiger partial charge is 0.460 e. The van der Waals surface area contributed by atoms with Crippen LogP contribution >= 0.6 is 0 Å². The van der Waals surface area contributed by atoms with Crippen molar-refractivity contribution in [3.8, 4) is 0 Å². The van der Waals surface area contributed by atoms with Gasteiger partial charge in [0, 0.05) is 19.8 Å². The second-order valence-electron chi connectivity index (χ2n) is 3.84. The van der Waals surface area contributed by atoms with Crippen LogP contribution in [0.2, 0.25) is 0 Å². The Labute approximate surface area is 73.9 Å². The minimum atomic E-state index is -0.166. The van der Waals surface area contributed by atoms with Crippen molar-refractivity contribution in [3.05, 3.63) is 0 Å². The molecule has 0 aromatic carbocycles. The molecule has 0 bridgehead atoms. The molecule has 0 atom stereocenters. The molecule has 1 aliphatic heterocycles. The van der Waals surface area contributed by atoms with Crippen molar-refractivity contribution < 1.29 is 14.0 Å². The number of likely N-dealkylation sites (N-methyl/N-ethyl adjacent to an activating group) is 1. The van der Waals surface area contributed by atoms with E-state index >= 15 is 0 Å². The Morgan fingerprint density at radius 3 is 2.50 bits per heavy atom. The van der Waals surface area contributed by atoms with Gasteiger partial charge >= 0.3 is 5.97 Å². The van der Waals surface area contributed by atoms with Crippen LogP contribution in [0.4, 0.5) is 0 Å². The SMILES string of the molecule is CC(=O)OCC[N+]1(C)CCCC1. The summed E-state index contributed by atoms with van der Waals surface area (Å²) in [4.78, 5) is 10.5. The zero-order valence-corrected chi connectivity index (χ0v) is 8.01. The van der Waals surface area contributed by atoms with Gasteiger partial charge in [0.2, 0.25) is 0 Å². The molecule has 0 aromatic rings. The molecular formula is C9H18NO2+. The quantitative estimate of drug-likeness (QED) is 0.465. The van der Waals surface area contributed by atoms with E-state index in [1.165, 1.54) is 32.9 Å². The van der Waals surface area contributed by atoms with Crippen LogP contribution in [0.5, 0.6) is 0 Å². The van der Waals surface area contributed by atoms with Crippen molar-refractivity contribution in [2.75, 3.05) is 33.3 Å². The fourth-order valence-corrected chi connectivity index (χ4v) is 1.73. The molecule has 1 aliphatic rings. The van der Waals surface area contributed by atoms with E-state index in [1.54, 1.807) is 0 Å². The van der Waals surface area contributed by atoms with Gasteiger partial charge in [0.05, 0.1) is 20.1 Å². The lowest BCUT2D eigenvalue weighted by molar-refractivity contribution is -0.897. The maximum atomic E-state index is 10.5. The molecule has 0 saturated carbocycles. The molecule has 1 rings (SSSR count). The minimum absolute atomic E-state index is 0.166. The monoisotopic (exact) mass is 172 g/mol. The number of esters is 1. The van der Waals surface area contributed by atoms with E-state index in [1.807, 2.05) is 0 Å². The number of carbonyl (C=O) groups excluding carboxylic acids is 1. The van der Waals surface area contributed by atoms with Gasteiger partial charge in [0.15, 0.2) is 0 Å². The minimum Gasteiger partial charge on any atom is -0.460 e. The van der Waals surface area contributed by atoms with E-state index in [-0.39, 0.29) is 5.97 Å². The average Bonchev–Trinajstić information content (AvgIpc) is 2.35. The molecule has 12 heavy (non-hydrogen) atoms. The van der Waals surface area contributed by atoms with E-state index in [0.29, 0.717) is 6.61 Å². The van der Waals surface area contributed by atoms with E-state index < -0.39 is 0 Å². The molecule has 3 nitrogen and oxygen atoms in total. The summed E-state index contributed by atoms with van der Waals surface area (Å²) in [5.41, 5.74) is 0. The number of ether oxygens (including phenoxy) is 1. The Bertz CT molecular complexity index is 162. The van der Waals surface area contributed by atoms with Gasteiger partial charge in [-0.2, -0.15) is 0 Å². The number of hydrogen-bond donors (Lipinski definition) is 0. The summed E-state index contributed by atoms with van der Waals surface area (Å²) in [5, 5.41) is 0. The Balaban J connectivity index is 2.17. The summed E-state index contributed by atoms with van der Waals surface area (Å²) in [6, 6.07) is 0. The Morgan fingerprint density at radius 2 is 2.00 bits per heavy atom. The van der Waals surface area contributed by atoms with Crippen LogP contribution in [0.3, 0.4) is 0 Å². The fourth-order valence-electron chi connectivity index (χ4n) is 1.73. The standard InChI is InChI=1S/C9H18NO2/c1-9(11)12-8-7-10(2)5-3-4-6-10/h3-8H2,1-2H3/q+1. The molecule has 0 N–H and O–H groups in total. The van der Waals surface area contributed by atoms with Gasteiger partial charge < -0.3 is 9.22 Å². The van der Waals surface area contributed by atoms with Crippen LogP contribution in [0.1, 0.15) is 19.8 Å². The molecule has 0 spiro atoms. The lowest BCUT2D eigenvalue weighted by atomic mass is 10.4. The highest BCUT2D eigenvalue weighted by molar-refractivity contribution is 5.65. The molecule has 0 amide bonds. The normalized spacial score (nSPS) is 20.8. The van der Waals surface area contributed by atoms with Gasteiger partial charge in [0.1, 0.15) is 13.2 Å². The van der Waals surface area contributed by atoms with Crippen molar-refractivity contribution in [2.24, 2.45) is 0 Å². The summed E-state index contributed by atoms with van der Waals surface area (Å²) in [6.07, 6.45) is 2.63. The molecule has 1 saturated heterocycles. The third-order valence-corrected chi connectivity index (χ3v) is 2.58. The van der Waals surface area contributed by atoms with Crippen LogP contribution in [-0.4, -0.2) is 43.7 Å². The smallest absolute Gasteiger partial charge is 0.302 e. The van der Waals surface area contributed by atoms with Crippen LogP contribution in [-0.2, 0) is 9.53 Å². The van der Waals surface area contributed by atoms with Gasteiger partial charge in [-0.25, -0.2) is 0 Å². The molecule has 0 radical (unpaired) electrons. The van der Waals surface area contributed by atoms with E-state index in [2.05, 4.69) is 7.05 Å². The topological polar surface area (TPSA) is 26.3 Å². The van der Waals surface area contributed by atoms with Crippen molar-refractivity contribution in [2.45, 2.75) is 19.8 Å². The summed E-state index contributed by atoms with van der Waals surface area (Å²) in [5.74, 6) is -0.166. The van der Waals surface area contributed by atoms with E-state index in [4.69, 9.17) is 4.74 Å². The third-order valence-electron chi connectivity index (χ3n) is 2.58. The highest BCUT2D eigenvalue weighted by atomic mass is 16.5. The molecule has 70 valence electrons. The first-order valence-electron chi connectivity index (χ1n) is 4.59. The maximum absolute atomic E-state index is 10.5. The molecule has 1 fully saturated rings. The van der Waals surface area contributed by atoms with Crippen LogP contribution in [0, 0.1) is 0 Å².